The zero-order valence-corrected chi connectivity index (χ0v) is 13.2. The van der Waals surface area contributed by atoms with Crippen LogP contribution in [-0.4, -0.2) is 33.9 Å². The van der Waals surface area contributed by atoms with Crippen molar-refractivity contribution in [3.63, 3.8) is 0 Å². The Labute approximate surface area is 139 Å². The van der Waals surface area contributed by atoms with Gasteiger partial charge >= 0.3 is 0 Å². The molecule has 1 amide bonds. The van der Waals surface area contributed by atoms with E-state index in [0.29, 0.717) is 12.5 Å². The molecule has 0 radical (unpaired) electrons. The van der Waals surface area contributed by atoms with E-state index < -0.39 is 11.7 Å². The van der Waals surface area contributed by atoms with E-state index in [2.05, 4.69) is 0 Å². The van der Waals surface area contributed by atoms with E-state index in [1.165, 1.54) is 17.0 Å². The Balaban J connectivity index is 2.14. The molecule has 2 rings (SSSR count). The van der Waals surface area contributed by atoms with Gasteiger partial charge in [-0.2, -0.15) is 5.26 Å². The van der Waals surface area contributed by atoms with Crippen molar-refractivity contribution in [2.24, 2.45) is 5.92 Å². The van der Waals surface area contributed by atoms with Crippen LogP contribution >= 0.6 is 0 Å². The topological polar surface area (TPSA) is 112 Å². The highest BCUT2D eigenvalue weighted by atomic mass is 19.1. The van der Waals surface area contributed by atoms with E-state index >= 15 is 0 Å². The van der Waals surface area contributed by atoms with Gasteiger partial charge in [0.1, 0.15) is 29.1 Å². The highest BCUT2D eigenvalue weighted by Crippen LogP contribution is 2.28. The largest absolute Gasteiger partial charge is 0.508 e. The van der Waals surface area contributed by atoms with Crippen LogP contribution in [0.3, 0.4) is 0 Å². The van der Waals surface area contributed by atoms with Gasteiger partial charge in [-0.25, -0.2) is 4.39 Å². The van der Waals surface area contributed by atoms with Crippen LogP contribution in [0.1, 0.15) is 31.2 Å². The van der Waals surface area contributed by atoms with Gasteiger partial charge in [0.2, 0.25) is 0 Å². The summed E-state index contributed by atoms with van der Waals surface area (Å²) >= 11 is 0. The van der Waals surface area contributed by atoms with Gasteiger partial charge in [0, 0.05) is 31.1 Å². The van der Waals surface area contributed by atoms with Crippen LogP contribution in [-0.2, 0) is 11.3 Å². The van der Waals surface area contributed by atoms with E-state index in [9.17, 15) is 14.3 Å². The molecule has 0 unspecified atom stereocenters. The van der Waals surface area contributed by atoms with Crippen LogP contribution < -0.4 is 0 Å². The lowest BCUT2D eigenvalue weighted by Gasteiger charge is -2.32. The molecule has 6 nitrogen and oxygen atoms in total. The van der Waals surface area contributed by atoms with E-state index in [0.717, 1.165) is 25.3 Å². The van der Waals surface area contributed by atoms with E-state index in [4.69, 9.17) is 16.1 Å². The zero-order valence-electron chi connectivity index (χ0n) is 13.2. The van der Waals surface area contributed by atoms with Crippen molar-refractivity contribution in [2.75, 3.05) is 6.54 Å². The molecule has 0 bridgehead atoms. The molecule has 0 atom stereocenters. The van der Waals surface area contributed by atoms with Gasteiger partial charge in [0.05, 0.1) is 0 Å². The summed E-state index contributed by atoms with van der Waals surface area (Å²) in [5.74, 6) is -1.06. The van der Waals surface area contributed by atoms with Gasteiger partial charge in [-0.1, -0.05) is 12.5 Å². The Kier molecular flexibility index (Phi) is 5.64. The molecule has 3 N–H and O–H groups in total. The van der Waals surface area contributed by atoms with Crippen molar-refractivity contribution in [1.82, 2.24) is 4.90 Å². The number of phenolic OH excluding ortho intramolecular Hbond substituents is 1. The number of phenols is 1. The highest BCUT2D eigenvalue weighted by molar-refractivity contribution is 6.41. The number of hydrogen-bond acceptors (Lipinski definition) is 5. The summed E-state index contributed by atoms with van der Waals surface area (Å²) < 4.78 is 13.9. The molecule has 0 aromatic heterocycles. The van der Waals surface area contributed by atoms with E-state index in [1.807, 2.05) is 0 Å². The number of nitrogens with one attached hydrogen (secondary N) is 2. The lowest BCUT2D eigenvalue weighted by atomic mass is 9.85. The monoisotopic (exact) mass is 330 g/mol. The van der Waals surface area contributed by atoms with Gasteiger partial charge < -0.3 is 10.0 Å². The molecule has 24 heavy (non-hydrogen) atoms. The van der Waals surface area contributed by atoms with E-state index in [1.54, 1.807) is 6.07 Å². The Morgan fingerprint density at radius 2 is 2.12 bits per heavy atom. The van der Waals surface area contributed by atoms with Gasteiger partial charge in [-0.15, -0.1) is 0 Å². The van der Waals surface area contributed by atoms with Crippen LogP contribution in [0.15, 0.2) is 18.2 Å². The minimum atomic E-state index is -0.613. The predicted molar refractivity (Wildman–Crippen MR) is 86.5 cm³/mol. The molecule has 1 aromatic rings. The maximum absolute atomic E-state index is 13.9. The second kappa shape index (κ2) is 7.68. The summed E-state index contributed by atoms with van der Waals surface area (Å²) in [7, 11) is 0. The summed E-state index contributed by atoms with van der Waals surface area (Å²) in [6, 6.07) is 5.34. The Hall–Kier alpha value is -2.75. The fourth-order valence-corrected chi connectivity index (χ4v) is 2.56. The van der Waals surface area contributed by atoms with Gasteiger partial charge in [0.25, 0.3) is 5.91 Å². The average Bonchev–Trinajstić information content (AvgIpc) is 2.50. The normalized spacial score (nSPS) is 13.7. The molecule has 126 valence electrons. The summed E-state index contributed by atoms with van der Waals surface area (Å²) in [6.07, 6.45) is 2.75. The fraction of sp³-hybridized carbons (Fsp3) is 0.412. The van der Waals surface area contributed by atoms with Crippen molar-refractivity contribution in [2.45, 2.75) is 32.2 Å². The summed E-state index contributed by atoms with van der Waals surface area (Å²) in [4.78, 5) is 13.9. The van der Waals surface area contributed by atoms with Crippen LogP contribution in [0.4, 0.5) is 4.39 Å². The Bertz CT molecular complexity index is 707. The van der Waals surface area contributed by atoms with Crippen LogP contribution in [0, 0.1) is 33.9 Å². The number of hydrogen-bond donors (Lipinski definition) is 3. The first-order valence-electron chi connectivity index (χ1n) is 7.72. The number of carbonyl (C=O) groups is 1. The predicted octanol–water partition coefficient (Wildman–Crippen LogP) is 2.61. The van der Waals surface area contributed by atoms with Crippen molar-refractivity contribution >= 4 is 17.3 Å². The lowest BCUT2D eigenvalue weighted by molar-refractivity contribution is -0.125. The number of nitrogens with zero attached hydrogens (tertiary/aromatic N) is 2. The SMILES string of the molecule is N#CC(=N)CC(=N)C(=O)N(Cc1ccc(O)cc1F)CC1CCC1. The minimum Gasteiger partial charge on any atom is -0.508 e. The summed E-state index contributed by atoms with van der Waals surface area (Å²) in [5, 5.41) is 33.0. The first-order chi connectivity index (χ1) is 11.4. The molecule has 1 saturated carbocycles. The second-order valence-electron chi connectivity index (χ2n) is 6.00. The molecule has 1 aromatic carbocycles. The highest BCUT2D eigenvalue weighted by Gasteiger charge is 2.26. The quantitative estimate of drug-likeness (QED) is 0.668. The van der Waals surface area contributed by atoms with Crippen molar-refractivity contribution < 1.29 is 14.3 Å². The van der Waals surface area contributed by atoms with Gasteiger partial charge in [0.15, 0.2) is 0 Å². The summed E-state index contributed by atoms with van der Waals surface area (Å²) in [5.41, 5.74) is -0.448. The van der Waals surface area contributed by atoms with Crippen molar-refractivity contribution in [1.29, 1.82) is 16.1 Å². The number of carbonyl (C=O) groups excluding carboxylic acids is 1. The fourth-order valence-electron chi connectivity index (χ4n) is 2.56. The molecule has 1 fully saturated rings. The van der Waals surface area contributed by atoms with Crippen molar-refractivity contribution in [3.05, 3.63) is 29.6 Å². The molecule has 1 aliphatic carbocycles. The number of aromatic hydroxyl groups is 1. The Morgan fingerprint density at radius 3 is 2.67 bits per heavy atom. The van der Waals surface area contributed by atoms with Crippen LogP contribution in [0.2, 0.25) is 0 Å². The van der Waals surface area contributed by atoms with Crippen LogP contribution in [0.25, 0.3) is 0 Å². The number of rotatable bonds is 7. The first kappa shape index (κ1) is 17.6. The number of nitriles is 1. The molecule has 0 spiro atoms. The standard InChI is InChI=1S/C17H19FN4O2/c18-15-7-14(23)5-4-12(15)10-22(9-11-2-1-3-11)17(24)16(21)6-13(20)8-19/h4-5,7,11,20-21,23H,1-3,6,9-10H2. The third-order valence-corrected chi connectivity index (χ3v) is 4.14. The maximum Gasteiger partial charge on any atom is 0.268 e. The number of halogens is 1. The third-order valence-electron chi connectivity index (χ3n) is 4.14. The van der Waals surface area contributed by atoms with Gasteiger partial charge in [-0.05, 0) is 24.8 Å². The second-order valence-corrected chi connectivity index (χ2v) is 6.00. The molecular weight excluding hydrogens is 311 g/mol. The minimum absolute atomic E-state index is 0.0102. The smallest absolute Gasteiger partial charge is 0.268 e. The van der Waals surface area contributed by atoms with E-state index in [-0.39, 0.29) is 35.7 Å². The van der Waals surface area contributed by atoms with Crippen molar-refractivity contribution in [3.8, 4) is 11.8 Å². The first-order valence-corrected chi connectivity index (χ1v) is 7.72. The molecule has 1 aliphatic rings. The molecule has 7 heteroatoms. The molecule has 0 heterocycles. The third kappa shape index (κ3) is 4.38. The van der Waals surface area contributed by atoms with Crippen LogP contribution in [0.5, 0.6) is 5.75 Å². The average molecular weight is 330 g/mol. The molecule has 0 saturated heterocycles. The van der Waals surface area contributed by atoms with Gasteiger partial charge in [-0.3, -0.25) is 15.6 Å². The molecular formula is C17H19FN4O2. The Morgan fingerprint density at radius 1 is 1.42 bits per heavy atom. The molecule has 0 aliphatic heterocycles. The lowest BCUT2D eigenvalue weighted by Crippen LogP contribution is -2.41. The maximum atomic E-state index is 13.9. The number of benzene rings is 1. The zero-order chi connectivity index (χ0) is 17.7. The summed E-state index contributed by atoms with van der Waals surface area (Å²) in [6.45, 7) is 0.408. The number of amides is 1.